The molecule has 1 aliphatic rings. The van der Waals surface area contributed by atoms with Gasteiger partial charge in [0.05, 0.1) is 6.42 Å². The standard InChI is InChI=1S/C13H15IN2O2/c1-2-7-16-12(17)8-11(13(16)18)15-10-6-4-3-5-9(10)14/h3-6,11,15H,2,7-8H2,1H3. The quantitative estimate of drug-likeness (QED) is 0.664. The van der Waals surface area contributed by atoms with Crippen LogP contribution in [-0.4, -0.2) is 29.3 Å². The van der Waals surface area contributed by atoms with Crippen LogP contribution in [0.1, 0.15) is 19.8 Å². The summed E-state index contributed by atoms with van der Waals surface area (Å²) in [6.45, 7) is 2.48. The van der Waals surface area contributed by atoms with Gasteiger partial charge in [0.2, 0.25) is 5.91 Å². The number of hydrogen-bond donors (Lipinski definition) is 1. The van der Waals surface area contributed by atoms with Crippen LogP contribution in [0.4, 0.5) is 5.69 Å². The molecule has 1 aliphatic heterocycles. The van der Waals surface area contributed by atoms with Crippen molar-refractivity contribution < 1.29 is 9.59 Å². The van der Waals surface area contributed by atoms with E-state index in [9.17, 15) is 9.59 Å². The Hall–Kier alpha value is -1.11. The van der Waals surface area contributed by atoms with Gasteiger partial charge in [-0.1, -0.05) is 19.1 Å². The number of likely N-dealkylation sites (tertiary alicyclic amines) is 1. The third kappa shape index (κ3) is 2.66. The monoisotopic (exact) mass is 358 g/mol. The number of halogens is 1. The van der Waals surface area contributed by atoms with Crippen LogP contribution in [-0.2, 0) is 9.59 Å². The summed E-state index contributed by atoms with van der Waals surface area (Å²) in [5.74, 6) is -0.188. The second-order valence-electron chi connectivity index (χ2n) is 4.26. The largest absolute Gasteiger partial charge is 0.372 e. The molecule has 1 heterocycles. The molecule has 1 aromatic rings. The zero-order valence-corrected chi connectivity index (χ0v) is 12.3. The number of carbonyl (C=O) groups is 2. The van der Waals surface area contributed by atoms with Crippen LogP contribution in [0.2, 0.25) is 0 Å². The smallest absolute Gasteiger partial charge is 0.252 e. The Balaban J connectivity index is 2.10. The highest BCUT2D eigenvalue weighted by atomic mass is 127. The van der Waals surface area contributed by atoms with Gasteiger partial charge in [-0.2, -0.15) is 0 Å². The molecule has 18 heavy (non-hydrogen) atoms. The van der Waals surface area contributed by atoms with E-state index >= 15 is 0 Å². The molecule has 2 rings (SSSR count). The lowest BCUT2D eigenvalue weighted by atomic mass is 10.2. The van der Waals surface area contributed by atoms with Crippen LogP contribution in [0.5, 0.6) is 0 Å². The van der Waals surface area contributed by atoms with Gasteiger partial charge in [0.15, 0.2) is 0 Å². The fourth-order valence-corrected chi connectivity index (χ4v) is 2.56. The SMILES string of the molecule is CCCN1C(=O)CC(Nc2ccccc2I)C1=O. The molecular weight excluding hydrogens is 343 g/mol. The highest BCUT2D eigenvalue weighted by molar-refractivity contribution is 14.1. The molecular formula is C13H15IN2O2. The minimum absolute atomic E-state index is 0.0784. The Morgan fingerprint density at radius 1 is 1.39 bits per heavy atom. The molecule has 96 valence electrons. The number of benzene rings is 1. The van der Waals surface area contributed by atoms with E-state index < -0.39 is 6.04 Å². The second-order valence-corrected chi connectivity index (χ2v) is 5.43. The van der Waals surface area contributed by atoms with Crippen molar-refractivity contribution in [3.63, 3.8) is 0 Å². The van der Waals surface area contributed by atoms with Gasteiger partial charge in [0.1, 0.15) is 6.04 Å². The number of hydrogen-bond acceptors (Lipinski definition) is 3. The van der Waals surface area contributed by atoms with E-state index in [0.29, 0.717) is 6.54 Å². The summed E-state index contributed by atoms with van der Waals surface area (Å²) in [6, 6.07) is 7.32. The van der Waals surface area contributed by atoms with Crippen molar-refractivity contribution in [1.29, 1.82) is 0 Å². The first-order chi connectivity index (χ1) is 8.63. The van der Waals surface area contributed by atoms with E-state index in [-0.39, 0.29) is 18.2 Å². The third-order valence-corrected chi connectivity index (χ3v) is 3.84. The van der Waals surface area contributed by atoms with Gasteiger partial charge in [-0.25, -0.2) is 0 Å². The van der Waals surface area contributed by atoms with Crippen LogP contribution >= 0.6 is 22.6 Å². The Labute approximate surface area is 120 Å². The number of imide groups is 1. The van der Waals surface area contributed by atoms with Gasteiger partial charge in [-0.05, 0) is 41.1 Å². The first-order valence-electron chi connectivity index (χ1n) is 5.98. The Morgan fingerprint density at radius 3 is 2.78 bits per heavy atom. The number of carbonyl (C=O) groups excluding carboxylic acids is 2. The normalized spacial score (nSPS) is 19.4. The third-order valence-electron chi connectivity index (χ3n) is 2.89. The molecule has 1 N–H and O–H groups in total. The maximum absolute atomic E-state index is 12.1. The first kappa shape index (κ1) is 13.3. The van der Waals surface area contributed by atoms with Gasteiger partial charge in [0.25, 0.3) is 5.91 Å². The van der Waals surface area contributed by atoms with Crippen LogP contribution in [0.15, 0.2) is 24.3 Å². The summed E-state index contributed by atoms with van der Waals surface area (Å²) in [5, 5.41) is 3.16. The van der Waals surface area contributed by atoms with Crippen molar-refractivity contribution in [1.82, 2.24) is 4.90 Å². The summed E-state index contributed by atoms with van der Waals surface area (Å²) < 4.78 is 1.05. The summed E-state index contributed by atoms with van der Waals surface area (Å²) in [6.07, 6.45) is 1.05. The number of amides is 2. The second kappa shape index (κ2) is 5.69. The molecule has 0 aromatic heterocycles. The minimum atomic E-state index is -0.417. The summed E-state index contributed by atoms with van der Waals surface area (Å²) in [7, 11) is 0. The fourth-order valence-electron chi connectivity index (χ4n) is 2.02. The van der Waals surface area contributed by atoms with Crippen LogP contribution in [0, 0.1) is 3.57 Å². The number of rotatable bonds is 4. The van der Waals surface area contributed by atoms with Crippen LogP contribution in [0.3, 0.4) is 0 Å². The van der Waals surface area contributed by atoms with Gasteiger partial charge in [0, 0.05) is 15.8 Å². The van der Waals surface area contributed by atoms with Gasteiger partial charge >= 0.3 is 0 Å². The lowest BCUT2D eigenvalue weighted by Gasteiger charge is -2.15. The molecule has 1 fully saturated rings. The molecule has 0 saturated carbocycles. The molecule has 1 atom stereocenters. The van der Waals surface area contributed by atoms with Gasteiger partial charge in [-0.3, -0.25) is 14.5 Å². The maximum atomic E-state index is 12.1. The van der Waals surface area contributed by atoms with E-state index in [1.54, 1.807) is 0 Å². The lowest BCUT2D eigenvalue weighted by molar-refractivity contribution is -0.138. The molecule has 0 bridgehead atoms. The highest BCUT2D eigenvalue weighted by Crippen LogP contribution is 2.22. The molecule has 1 saturated heterocycles. The van der Waals surface area contributed by atoms with E-state index in [0.717, 1.165) is 15.7 Å². The molecule has 0 spiro atoms. The average molecular weight is 358 g/mol. The van der Waals surface area contributed by atoms with Crippen LogP contribution in [0.25, 0.3) is 0 Å². The van der Waals surface area contributed by atoms with Crippen molar-refractivity contribution in [2.45, 2.75) is 25.8 Å². The fraction of sp³-hybridized carbons (Fsp3) is 0.385. The average Bonchev–Trinajstić information content (AvgIpc) is 2.60. The van der Waals surface area contributed by atoms with E-state index in [1.165, 1.54) is 4.90 Å². The Bertz CT molecular complexity index is 476. The van der Waals surface area contributed by atoms with Crippen molar-refractivity contribution in [3.8, 4) is 0 Å². The lowest BCUT2D eigenvalue weighted by Crippen LogP contribution is -2.35. The molecule has 1 aromatic carbocycles. The van der Waals surface area contributed by atoms with E-state index in [4.69, 9.17) is 0 Å². The molecule has 4 nitrogen and oxygen atoms in total. The molecule has 1 unspecified atom stereocenters. The van der Waals surface area contributed by atoms with E-state index in [2.05, 4.69) is 27.9 Å². The summed E-state index contributed by atoms with van der Waals surface area (Å²) >= 11 is 2.21. The molecule has 2 amide bonds. The topological polar surface area (TPSA) is 49.4 Å². The zero-order valence-electron chi connectivity index (χ0n) is 10.1. The predicted octanol–water partition coefficient (Wildman–Crippen LogP) is 2.24. The summed E-state index contributed by atoms with van der Waals surface area (Å²) in [5.41, 5.74) is 0.905. The van der Waals surface area contributed by atoms with Gasteiger partial charge < -0.3 is 5.32 Å². The molecule has 5 heteroatoms. The minimum Gasteiger partial charge on any atom is -0.372 e. The zero-order chi connectivity index (χ0) is 13.1. The number of anilines is 1. The molecule has 0 aliphatic carbocycles. The van der Waals surface area contributed by atoms with Crippen molar-refractivity contribution in [2.75, 3.05) is 11.9 Å². The predicted molar refractivity (Wildman–Crippen MR) is 78.2 cm³/mol. The number of nitrogens with zero attached hydrogens (tertiary/aromatic N) is 1. The number of para-hydroxylation sites is 1. The highest BCUT2D eigenvalue weighted by Gasteiger charge is 2.37. The van der Waals surface area contributed by atoms with Gasteiger partial charge in [-0.15, -0.1) is 0 Å². The van der Waals surface area contributed by atoms with Crippen molar-refractivity contribution in [2.24, 2.45) is 0 Å². The van der Waals surface area contributed by atoms with Crippen LogP contribution < -0.4 is 5.32 Å². The maximum Gasteiger partial charge on any atom is 0.252 e. The summed E-state index contributed by atoms with van der Waals surface area (Å²) in [4.78, 5) is 25.1. The van der Waals surface area contributed by atoms with E-state index in [1.807, 2.05) is 31.2 Å². The Kier molecular flexibility index (Phi) is 4.21. The van der Waals surface area contributed by atoms with Crippen molar-refractivity contribution in [3.05, 3.63) is 27.8 Å². The van der Waals surface area contributed by atoms with Crippen molar-refractivity contribution >= 4 is 40.1 Å². The number of nitrogens with one attached hydrogen (secondary N) is 1. The molecule has 0 radical (unpaired) electrons. The first-order valence-corrected chi connectivity index (χ1v) is 7.06. The Morgan fingerprint density at radius 2 is 2.11 bits per heavy atom.